The lowest BCUT2D eigenvalue weighted by Crippen LogP contribution is -2.21. The lowest BCUT2D eigenvalue weighted by molar-refractivity contribution is 0.303. The fourth-order valence-electron chi connectivity index (χ4n) is 3.96. The summed E-state index contributed by atoms with van der Waals surface area (Å²) in [5, 5.41) is 1.45. The number of nitrogens with one attached hydrogen (secondary N) is 1. The second-order valence-corrected chi connectivity index (χ2v) is 10.5. The van der Waals surface area contributed by atoms with Gasteiger partial charge in [-0.15, -0.1) is 0 Å². The van der Waals surface area contributed by atoms with E-state index >= 15 is 0 Å². The van der Waals surface area contributed by atoms with Gasteiger partial charge in [0.25, 0.3) is 5.56 Å². The number of fused-ring (bicyclic) bond motifs is 3. The van der Waals surface area contributed by atoms with E-state index in [-0.39, 0.29) is 17.1 Å². The van der Waals surface area contributed by atoms with Crippen molar-refractivity contribution in [3.63, 3.8) is 0 Å². The number of nitrogens with zero attached hydrogens (tertiary/aromatic N) is 2. The minimum atomic E-state index is -0.291. The summed E-state index contributed by atoms with van der Waals surface area (Å²) >= 11 is 9.72. The summed E-state index contributed by atoms with van der Waals surface area (Å²) in [5.41, 5.74) is 2.05. The Morgan fingerprint density at radius 3 is 2.57 bits per heavy atom. The van der Waals surface area contributed by atoms with Gasteiger partial charge in [0.2, 0.25) is 5.58 Å². The first kappa shape index (κ1) is 27.4. The third kappa shape index (κ3) is 6.96. The van der Waals surface area contributed by atoms with E-state index in [4.69, 9.17) is 16.0 Å². The SMILES string of the molecule is CC(c1nc2c(oc3ccc(Br)cc32)c(=O)[nH]1)c1ccccc1Cl.CCCN(C)CCC(C)CC. The summed E-state index contributed by atoms with van der Waals surface area (Å²) in [7, 11) is 2.21. The molecule has 0 amide bonds. The molecule has 188 valence electrons. The van der Waals surface area contributed by atoms with Crippen molar-refractivity contribution >= 4 is 49.6 Å². The van der Waals surface area contributed by atoms with Crippen LogP contribution in [0.4, 0.5) is 0 Å². The third-order valence-corrected chi connectivity index (χ3v) is 7.23. The highest BCUT2D eigenvalue weighted by Crippen LogP contribution is 2.31. The van der Waals surface area contributed by atoms with E-state index in [0.29, 0.717) is 21.9 Å². The van der Waals surface area contributed by atoms with Crippen LogP contribution >= 0.6 is 27.5 Å². The van der Waals surface area contributed by atoms with Crippen LogP contribution in [0.3, 0.4) is 0 Å². The molecular formula is C28H35BrClN3O2. The number of furan rings is 1. The van der Waals surface area contributed by atoms with Gasteiger partial charge in [0.05, 0.1) is 0 Å². The van der Waals surface area contributed by atoms with Crippen molar-refractivity contribution in [2.24, 2.45) is 5.92 Å². The monoisotopic (exact) mass is 559 g/mol. The topological polar surface area (TPSA) is 62.1 Å². The maximum absolute atomic E-state index is 12.4. The average molecular weight is 561 g/mol. The minimum absolute atomic E-state index is 0.145. The van der Waals surface area contributed by atoms with Crippen molar-refractivity contribution in [1.82, 2.24) is 14.9 Å². The second kappa shape index (κ2) is 12.7. The van der Waals surface area contributed by atoms with Crippen molar-refractivity contribution in [2.45, 2.75) is 52.9 Å². The predicted molar refractivity (Wildman–Crippen MR) is 151 cm³/mol. The minimum Gasteiger partial charge on any atom is -0.449 e. The number of benzene rings is 2. The van der Waals surface area contributed by atoms with E-state index in [1.54, 1.807) is 0 Å². The summed E-state index contributed by atoms with van der Waals surface area (Å²) < 4.78 is 6.55. The van der Waals surface area contributed by atoms with E-state index < -0.39 is 0 Å². The summed E-state index contributed by atoms with van der Waals surface area (Å²) in [6, 6.07) is 13.1. The van der Waals surface area contributed by atoms with Crippen LogP contribution in [0.1, 0.15) is 64.3 Å². The first-order valence-electron chi connectivity index (χ1n) is 12.3. The van der Waals surface area contributed by atoms with Gasteiger partial charge in [-0.1, -0.05) is 79.8 Å². The van der Waals surface area contributed by atoms with Crippen molar-refractivity contribution in [2.75, 3.05) is 20.1 Å². The Bertz CT molecular complexity index is 1320. The Hall–Kier alpha value is -2.15. The molecule has 0 saturated heterocycles. The van der Waals surface area contributed by atoms with Crippen LogP contribution in [0.5, 0.6) is 0 Å². The van der Waals surface area contributed by atoms with Crippen LogP contribution in [0.25, 0.3) is 22.1 Å². The van der Waals surface area contributed by atoms with Crippen LogP contribution in [-0.4, -0.2) is 35.0 Å². The molecule has 2 aromatic carbocycles. The number of hydrogen-bond acceptors (Lipinski definition) is 4. The van der Waals surface area contributed by atoms with Crippen LogP contribution in [0.15, 0.2) is 56.1 Å². The van der Waals surface area contributed by atoms with Crippen molar-refractivity contribution in [3.05, 3.63) is 73.7 Å². The molecule has 0 bridgehead atoms. The van der Waals surface area contributed by atoms with Gasteiger partial charge in [-0.25, -0.2) is 4.98 Å². The van der Waals surface area contributed by atoms with Crippen LogP contribution in [-0.2, 0) is 0 Å². The van der Waals surface area contributed by atoms with Crippen LogP contribution in [0.2, 0.25) is 5.02 Å². The number of halogens is 2. The number of H-pyrrole nitrogens is 1. The standard InChI is InChI=1S/C18H12BrClN2O2.C10H23N/c1-9(11-4-2-3-5-13(11)20)17-21-15-12-8-10(19)6-7-14(12)24-16(15)18(23)22-17;1-5-8-11(4)9-7-10(3)6-2/h2-9H,1H3,(H,21,22,23);10H,5-9H2,1-4H3. The van der Waals surface area contributed by atoms with Gasteiger partial charge in [-0.2, -0.15) is 0 Å². The van der Waals surface area contributed by atoms with Gasteiger partial charge in [0.1, 0.15) is 16.9 Å². The van der Waals surface area contributed by atoms with Crippen molar-refractivity contribution in [3.8, 4) is 0 Å². The lowest BCUT2D eigenvalue weighted by atomic mass is 10.0. The molecule has 4 aromatic rings. The first-order chi connectivity index (χ1) is 16.7. The van der Waals surface area contributed by atoms with E-state index in [9.17, 15) is 4.79 Å². The smallest absolute Gasteiger partial charge is 0.294 e. The summed E-state index contributed by atoms with van der Waals surface area (Å²) in [6.45, 7) is 11.3. The first-order valence-corrected chi connectivity index (χ1v) is 13.5. The molecule has 2 atom stereocenters. The van der Waals surface area contributed by atoms with Gasteiger partial charge < -0.3 is 14.3 Å². The molecule has 5 nitrogen and oxygen atoms in total. The Balaban J connectivity index is 0.000000266. The molecule has 0 aliphatic carbocycles. The summed E-state index contributed by atoms with van der Waals surface area (Å²) in [4.78, 5) is 22.3. The summed E-state index contributed by atoms with van der Waals surface area (Å²) in [5.74, 6) is 1.31. The Morgan fingerprint density at radius 2 is 1.89 bits per heavy atom. The molecule has 7 heteroatoms. The van der Waals surface area contributed by atoms with Crippen molar-refractivity contribution < 1.29 is 4.42 Å². The van der Waals surface area contributed by atoms with E-state index in [2.05, 4.69) is 58.6 Å². The van der Waals surface area contributed by atoms with Crippen molar-refractivity contribution in [1.29, 1.82) is 0 Å². The van der Waals surface area contributed by atoms with E-state index in [0.717, 1.165) is 21.3 Å². The quantitative estimate of drug-likeness (QED) is 0.237. The van der Waals surface area contributed by atoms with Crippen LogP contribution in [0, 0.1) is 5.92 Å². The molecule has 2 unspecified atom stereocenters. The largest absolute Gasteiger partial charge is 0.449 e. The molecule has 0 aliphatic heterocycles. The average Bonchev–Trinajstić information content (AvgIpc) is 3.21. The molecule has 2 heterocycles. The summed E-state index contributed by atoms with van der Waals surface area (Å²) in [6.07, 6.45) is 3.95. The molecule has 35 heavy (non-hydrogen) atoms. The maximum Gasteiger partial charge on any atom is 0.294 e. The molecule has 0 fully saturated rings. The zero-order valence-corrected chi connectivity index (χ0v) is 23.5. The molecule has 1 N–H and O–H groups in total. The lowest BCUT2D eigenvalue weighted by Gasteiger charge is -2.17. The van der Waals surface area contributed by atoms with Gasteiger partial charge in [0, 0.05) is 20.8 Å². The number of aromatic nitrogens is 2. The molecule has 0 spiro atoms. The normalized spacial score (nSPS) is 13.1. The zero-order chi connectivity index (χ0) is 25.5. The molecule has 4 rings (SSSR count). The molecular weight excluding hydrogens is 526 g/mol. The molecule has 0 saturated carbocycles. The molecule has 0 aliphatic rings. The number of aromatic amines is 1. The number of hydrogen-bond donors (Lipinski definition) is 1. The molecule has 0 radical (unpaired) electrons. The predicted octanol–water partition coefficient (Wildman–Crippen LogP) is 8.00. The highest BCUT2D eigenvalue weighted by atomic mass is 79.9. The fraction of sp³-hybridized carbons (Fsp3) is 0.429. The van der Waals surface area contributed by atoms with Gasteiger partial charge >= 0.3 is 0 Å². The molecule has 2 aromatic heterocycles. The second-order valence-electron chi connectivity index (χ2n) is 9.22. The zero-order valence-electron chi connectivity index (χ0n) is 21.2. The Kier molecular flexibility index (Phi) is 9.96. The highest BCUT2D eigenvalue weighted by Gasteiger charge is 2.19. The Morgan fingerprint density at radius 1 is 1.14 bits per heavy atom. The van der Waals surface area contributed by atoms with Gasteiger partial charge in [-0.3, -0.25) is 4.79 Å². The third-order valence-electron chi connectivity index (χ3n) is 6.39. The van der Waals surface area contributed by atoms with Gasteiger partial charge in [0.15, 0.2) is 0 Å². The number of rotatable bonds is 8. The highest BCUT2D eigenvalue weighted by molar-refractivity contribution is 9.10. The maximum atomic E-state index is 12.4. The van der Waals surface area contributed by atoms with Gasteiger partial charge in [-0.05, 0) is 68.7 Å². The van der Waals surface area contributed by atoms with Crippen LogP contribution < -0.4 is 5.56 Å². The van der Waals surface area contributed by atoms with E-state index in [1.807, 2.05) is 49.4 Å². The fourth-order valence-corrected chi connectivity index (χ4v) is 4.62. The van der Waals surface area contributed by atoms with E-state index in [1.165, 1.54) is 32.4 Å². The Labute approximate surface area is 221 Å².